The predicted octanol–water partition coefficient (Wildman–Crippen LogP) is 1.83. The molecule has 2 aromatic heterocycles. The second-order valence-corrected chi connectivity index (χ2v) is 8.88. The van der Waals surface area contributed by atoms with E-state index in [1.54, 1.807) is 18.3 Å². The van der Waals surface area contributed by atoms with Gasteiger partial charge < -0.3 is 0 Å². The highest BCUT2D eigenvalue weighted by atomic mass is 32.2. The van der Waals surface area contributed by atoms with Crippen molar-refractivity contribution < 1.29 is 8.42 Å². The van der Waals surface area contributed by atoms with Crippen LogP contribution < -0.4 is 4.72 Å². The van der Waals surface area contributed by atoms with Crippen LogP contribution in [0.3, 0.4) is 0 Å². The van der Waals surface area contributed by atoms with E-state index in [1.807, 2.05) is 16.9 Å². The molecule has 0 unspecified atom stereocenters. The van der Waals surface area contributed by atoms with Gasteiger partial charge >= 0.3 is 0 Å². The van der Waals surface area contributed by atoms with Crippen LogP contribution >= 0.6 is 11.3 Å². The molecule has 1 aliphatic heterocycles. The van der Waals surface area contributed by atoms with Crippen molar-refractivity contribution in [2.45, 2.75) is 32.5 Å². The molecule has 0 saturated heterocycles. The molecule has 6 nitrogen and oxygen atoms in total. The molecule has 8 heteroatoms. The lowest BCUT2D eigenvalue weighted by Crippen LogP contribution is -2.38. The van der Waals surface area contributed by atoms with Crippen molar-refractivity contribution in [3.05, 3.63) is 40.3 Å². The predicted molar refractivity (Wildman–Crippen MR) is 91.8 cm³/mol. The normalized spacial score (nSPS) is 18.9. The lowest BCUT2D eigenvalue weighted by molar-refractivity contribution is 0.163. The summed E-state index contributed by atoms with van der Waals surface area (Å²) in [6.07, 6.45) is 2.57. The molecule has 126 valence electrons. The van der Waals surface area contributed by atoms with E-state index in [4.69, 9.17) is 0 Å². The SMILES string of the molecule is CCS(=O)(=O)NCC[C@@H]1CN(Cc2cccs2)Cc2ccnn21. The largest absolute Gasteiger partial charge is 0.290 e. The number of hydrogen-bond acceptors (Lipinski definition) is 5. The summed E-state index contributed by atoms with van der Waals surface area (Å²) in [4.78, 5) is 3.75. The maximum atomic E-state index is 11.6. The Bertz CT molecular complexity index is 725. The minimum absolute atomic E-state index is 0.120. The first-order valence-electron chi connectivity index (χ1n) is 7.82. The third kappa shape index (κ3) is 4.20. The van der Waals surface area contributed by atoms with Gasteiger partial charge in [-0.25, -0.2) is 13.1 Å². The van der Waals surface area contributed by atoms with E-state index in [2.05, 4.69) is 32.2 Å². The van der Waals surface area contributed by atoms with Crippen LogP contribution in [0.1, 0.15) is 30.0 Å². The molecule has 0 radical (unpaired) electrons. The van der Waals surface area contributed by atoms with Crippen molar-refractivity contribution in [1.82, 2.24) is 19.4 Å². The van der Waals surface area contributed by atoms with Crippen LogP contribution in [-0.2, 0) is 23.1 Å². The standard InChI is InChI=1S/C15H22N4O2S2/c1-2-23(20,21)17-8-6-14-11-18(12-15-4-3-9-22-15)10-13-5-7-16-19(13)14/h3-5,7,9,14,17H,2,6,8,10-12H2,1H3/t14-/m1/s1. The lowest BCUT2D eigenvalue weighted by Gasteiger charge is -2.33. The Morgan fingerprint density at radius 3 is 3.04 bits per heavy atom. The zero-order chi connectivity index (χ0) is 16.3. The summed E-state index contributed by atoms with van der Waals surface area (Å²) in [6, 6.07) is 6.48. The number of sulfonamides is 1. The summed E-state index contributed by atoms with van der Waals surface area (Å²) in [6.45, 7) is 4.81. The highest BCUT2D eigenvalue weighted by Crippen LogP contribution is 2.25. The van der Waals surface area contributed by atoms with Crippen LogP contribution in [0, 0.1) is 0 Å². The van der Waals surface area contributed by atoms with E-state index in [9.17, 15) is 8.42 Å². The summed E-state index contributed by atoms with van der Waals surface area (Å²) >= 11 is 1.77. The number of hydrogen-bond donors (Lipinski definition) is 1. The number of nitrogens with one attached hydrogen (secondary N) is 1. The minimum atomic E-state index is -3.13. The molecule has 0 spiro atoms. The molecular formula is C15H22N4O2S2. The zero-order valence-electron chi connectivity index (χ0n) is 13.2. The molecule has 0 aromatic carbocycles. The quantitative estimate of drug-likeness (QED) is 0.824. The van der Waals surface area contributed by atoms with Gasteiger partial charge in [0.15, 0.2) is 0 Å². The average Bonchev–Trinajstić information content (AvgIpc) is 3.18. The maximum Gasteiger partial charge on any atom is 0.211 e. The average molecular weight is 355 g/mol. The van der Waals surface area contributed by atoms with Crippen molar-refractivity contribution in [3.63, 3.8) is 0 Å². The van der Waals surface area contributed by atoms with Crippen LogP contribution in [0.2, 0.25) is 0 Å². The van der Waals surface area contributed by atoms with Crippen LogP contribution in [-0.4, -0.2) is 41.9 Å². The fraction of sp³-hybridized carbons (Fsp3) is 0.533. The van der Waals surface area contributed by atoms with Crippen LogP contribution in [0.4, 0.5) is 0 Å². The van der Waals surface area contributed by atoms with E-state index < -0.39 is 10.0 Å². The Labute approximate surface area is 141 Å². The highest BCUT2D eigenvalue weighted by molar-refractivity contribution is 7.89. The molecule has 3 rings (SSSR count). The smallest absolute Gasteiger partial charge is 0.211 e. The Kier molecular flexibility index (Phi) is 5.15. The molecule has 23 heavy (non-hydrogen) atoms. The second-order valence-electron chi connectivity index (χ2n) is 5.76. The fourth-order valence-electron chi connectivity index (χ4n) is 2.90. The van der Waals surface area contributed by atoms with Crippen molar-refractivity contribution in [2.24, 2.45) is 0 Å². The van der Waals surface area contributed by atoms with Crippen molar-refractivity contribution in [2.75, 3.05) is 18.8 Å². The number of fused-ring (bicyclic) bond motifs is 1. The first-order valence-corrected chi connectivity index (χ1v) is 10.3. The van der Waals surface area contributed by atoms with Crippen LogP contribution in [0.25, 0.3) is 0 Å². The highest BCUT2D eigenvalue weighted by Gasteiger charge is 2.25. The van der Waals surface area contributed by atoms with Gasteiger partial charge in [0.05, 0.1) is 17.5 Å². The van der Waals surface area contributed by atoms with Gasteiger partial charge in [0.2, 0.25) is 10.0 Å². The van der Waals surface area contributed by atoms with E-state index in [-0.39, 0.29) is 11.8 Å². The molecule has 3 heterocycles. The Hall–Kier alpha value is -1.22. The van der Waals surface area contributed by atoms with Gasteiger partial charge in [0.25, 0.3) is 0 Å². The Morgan fingerprint density at radius 2 is 2.30 bits per heavy atom. The van der Waals surface area contributed by atoms with E-state index in [0.29, 0.717) is 6.54 Å². The van der Waals surface area contributed by atoms with Gasteiger partial charge in [-0.1, -0.05) is 6.07 Å². The monoisotopic (exact) mass is 354 g/mol. The zero-order valence-corrected chi connectivity index (χ0v) is 14.8. The van der Waals surface area contributed by atoms with Gasteiger partial charge in [0.1, 0.15) is 0 Å². The van der Waals surface area contributed by atoms with Crippen molar-refractivity contribution >= 4 is 21.4 Å². The molecule has 2 aromatic rings. The summed E-state index contributed by atoms with van der Waals surface area (Å²) in [5, 5.41) is 6.52. The van der Waals surface area contributed by atoms with Crippen LogP contribution in [0.5, 0.6) is 0 Å². The van der Waals surface area contributed by atoms with E-state index in [1.165, 1.54) is 10.6 Å². The fourth-order valence-corrected chi connectivity index (χ4v) is 4.28. The molecule has 0 amide bonds. The van der Waals surface area contributed by atoms with Crippen molar-refractivity contribution in [1.29, 1.82) is 0 Å². The number of thiophene rings is 1. The van der Waals surface area contributed by atoms with Gasteiger partial charge in [-0.2, -0.15) is 5.10 Å². The first-order chi connectivity index (χ1) is 11.1. The first kappa shape index (κ1) is 16.6. The molecule has 1 aliphatic rings. The number of rotatable bonds is 7. The second kappa shape index (κ2) is 7.12. The maximum absolute atomic E-state index is 11.6. The summed E-state index contributed by atoms with van der Waals surface area (Å²) < 4.78 is 27.8. The molecule has 0 saturated carbocycles. The lowest BCUT2D eigenvalue weighted by atomic mass is 10.1. The van der Waals surface area contributed by atoms with Crippen LogP contribution in [0.15, 0.2) is 29.8 Å². The topological polar surface area (TPSA) is 67.2 Å². The third-order valence-electron chi connectivity index (χ3n) is 4.09. The molecule has 0 aliphatic carbocycles. The summed E-state index contributed by atoms with van der Waals surface area (Å²) in [7, 11) is -3.13. The van der Waals surface area contributed by atoms with E-state index in [0.717, 1.165) is 26.1 Å². The minimum Gasteiger partial charge on any atom is -0.290 e. The number of aromatic nitrogens is 2. The molecule has 0 fully saturated rings. The van der Waals surface area contributed by atoms with Crippen molar-refractivity contribution in [3.8, 4) is 0 Å². The Morgan fingerprint density at radius 1 is 1.43 bits per heavy atom. The summed E-state index contributed by atoms with van der Waals surface area (Å²) in [5.41, 5.74) is 1.19. The molecular weight excluding hydrogens is 332 g/mol. The molecule has 0 bridgehead atoms. The Balaban J connectivity index is 1.64. The number of nitrogens with zero attached hydrogens (tertiary/aromatic N) is 3. The molecule has 1 N–H and O–H groups in total. The van der Waals surface area contributed by atoms with Gasteiger partial charge in [0, 0.05) is 37.3 Å². The third-order valence-corrected chi connectivity index (χ3v) is 6.36. The van der Waals surface area contributed by atoms with Gasteiger partial charge in [-0.15, -0.1) is 11.3 Å². The molecule has 1 atom stereocenters. The van der Waals surface area contributed by atoms with Gasteiger partial charge in [-0.05, 0) is 30.9 Å². The van der Waals surface area contributed by atoms with Gasteiger partial charge in [-0.3, -0.25) is 9.58 Å². The van der Waals surface area contributed by atoms with E-state index >= 15 is 0 Å². The summed E-state index contributed by atoms with van der Waals surface area (Å²) in [5.74, 6) is 0.120.